The van der Waals surface area contributed by atoms with Gasteiger partial charge in [-0.1, -0.05) is 12.1 Å². The van der Waals surface area contributed by atoms with Crippen molar-refractivity contribution in [2.45, 2.75) is 6.54 Å². The summed E-state index contributed by atoms with van der Waals surface area (Å²) in [5.41, 5.74) is 8.02. The van der Waals surface area contributed by atoms with Crippen molar-refractivity contribution in [3.63, 3.8) is 0 Å². The molecule has 0 spiro atoms. The SMILES string of the molecule is CN(CC(=O)Nc1ccc(F)cc1)Cc1ccc(N)cc1. The van der Waals surface area contributed by atoms with E-state index < -0.39 is 0 Å². The summed E-state index contributed by atoms with van der Waals surface area (Å²) in [6.45, 7) is 0.902. The highest BCUT2D eigenvalue weighted by Gasteiger charge is 2.07. The molecule has 0 heterocycles. The van der Waals surface area contributed by atoms with Crippen molar-refractivity contribution < 1.29 is 9.18 Å². The maximum absolute atomic E-state index is 12.8. The lowest BCUT2D eigenvalue weighted by Crippen LogP contribution is -2.29. The number of rotatable bonds is 5. The zero-order valence-corrected chi connectivity index (χ0v) is 11.8. The molecule has 0 aliphatic heterocycles. The van der Waals surface area contributed by atoms with Gasteiger partial charge in [0.1, 0.15) is 5.82 Å². The molecule has 0 saturated carbocycles. The Kier molecular flexibility index (Phi) is 4.90. The number of likely N-dealkylation sites (N-methyl/N-ethyl adjacent to an activating group) is 1. The Morgan fingerprint density at radius 1 is 1.14 bits per heavy atom. The lowest BCUT2D eigenvalue weighted by atomic mass is 10.2. The van der Waals surface area contributed by atoms with Crippen LogP contribution in [0.5, 0.6) is 0 Å². The maximum atomic E-state index is 12.8. The molecule has 0 aromatic heterocycles. The summed E-state index contributed by atoms with van der Waals surface area (Å²) in [5, 5.41) is 2.73. The largest absolute Gasteiger partial charge is 0.399 e. The first-order valence-corrected chi connectivity index (χ1v) is 6.61. The van der Waals surface area contributed by atoms with Gasteiger partial charge in [0.2, 0.25) is 5.91 Å². The first kappa shape index (κ1) is 15.0. The van der Waals surface area contributed by atoms with Crippen LogP contribution in [-0.2, 0) is 11.3 Å². The lowest BCUT2D eigenvalue weighted by molar-refractivity contribution is -0.117. The zero-order valence-electron chi connectivity index (χ0n) is 11.8. The third-order valence-electron chi connectivity index (χ3n) is 2.97. The molecule has 21 heavy (non-hydrogen) atoms. The second-order valence-corrected chi connectivity index (χ2v) is 4.97. The van der Waals surface area contributed by atoms with Crippen LogP contribution in [0.25, 0.3) is 0 Å². The van der Waals surface area contributed by atoms with Crippen LogP contribution >= 0.6 is 0 Å². The minimum atomic E-state index is -0.325. The molecule has 0 fully saturated rings. The first-order chi connectivity index (χ1) is 10.0. The molecule has 2 aromatic rings. The number of amides is 1. The van der Waals surface area contributed by atoms with Gasteiger partial charge in [0.25, 0.3) is 0 Å². The Labute approximate surface area is 123 Å². The molecule has 0 bridgehead atoms. The summed E-state index contributed by atoms with van der Waals surface area (Å²) in [4.78, 5) is 13.8. The van der Waals surface area contributed by atoms with Gasteiger partial charge < -0.3 is 11.1 Å². The Balaban J connectivity index is 1.84. The number of anilines is 2. The molecule has 110 valence electrons. The van der Waals surface area contributed by atoms with Gasteiger partial charge >= 0.3 is 0 Å². The molecule has 1 amide bonds. The van der Waals surface area contributed by atoms with E-state index in [2.05, 4.69) is 5.32 Å². The fourth-order valence-corrected chi connectivity index (χ4v) is 1.97. The van der Waals surface area contributed by atoms with Crippen LogP contribution in [-0.4, -0.2) is 24.4 Å². The summed E-state index contributed by atoms with van der Waals surface area (Å²) >= 11 is 0. The van der Waals surface area contributed by atoms with Gasteiger partial charge in [-0.2, -0.15) is 0 Å². The highest BCUT2D eigenvalue weighted by atomic mass is 19.1. The number of carbonyl (C=O) groups excluding carboxylic acids is 1. The number of nitrogens with one attached hydrogen (secondary N) is 1. The third kappa shape index (κ3) is 4.89. The highest BCUT2D eigenvalue weighted by molar-refractivity contribution is 5.92. The van der Waals surface area contributed by atoms with Crippen LogP contribution < -0.4 is 11.1 Å². The number of benzene rings is 2. The topological polar surface area (TPSA) is 58.4 Å². The number of hydrogen-bond acceptors (Lipinski definition) is 3. The van der Waals surface area contributed by atoms with Gasteiger partial charge in [-0.3, -0.25) is 9.69 Å². The molecule has 0 aliphatic rings. The van der Waals surface area contributed by atoms with Crippen LogP contribution in [0.15, 0.2) is 48.5 Å². The molecule has 4 nitrogen and oxygen atoms in total. The van der Waals surface area contributed by atoms with Crippen LogP contribution in [0.1, 0.15) is 5.56 Å². The van der Waals surface area contributed by atoms with E-state index in [-0.39, 0.29) is 18.3 Å². The van der Waals surface area contributed by atoms with Crippen molar-refractivity contribution in [1.82, 2.24) is 4.90 Å². The fourth-order valence-electron chi connectivity index (χ4n) is 1.97. The molecule has 5 heteroatoms. The van der Waals surface area contributed by atoms with Crippen LogP contribution in [0.2, 0.25) is 0 Å². The fraction of sp³-hybridized carbons (Fsp3) is 0.188. The minimum Gasteiger partial charge on any atom is -0.399 e. The Bertz CT molecular complexity index is 596. The molecule has 0 radical (unpaired) electrons. The van der Waals surface area contributed by atoms with E-state index in [0.29, 0.717) is 12.2 Å². The Morgan fingerprint density at radius 3 is 2.38 bits per heavy atom. The smallest absolute Gasteiger partial charge is 0.238 e. The second-order valence-electron chi connectivity index (χ2n) is 4.97. The Morgan fingerprint density at radius 2 is 1.76 bits per heavy atom. The standard InChI is InChI=1S/C16H18FN3O/c1-20(10-12-2-6-14(18)7-3-12)11-16(21)19-15-8-4-13(17)5-9-15/h2-9H,10-11,18H2,1H3,(H,19,21). The van der Waals surface area contributed by atoms with Gasteiger partial charge in [-0.15, -0.1) is 0 Å². The van der Waals surface area contributed by atoms with E-state index in [4.69, 9.17) is 5.73 Å². The number of halogens is 1. The summed E-state index contributed by atoms with van der Waals surface area (Å²) < 4.78 is 12.8. The number of nitrogen functional groups attached to an aromatic ring is 1. The molecular formula is C16H18FN3O. The van der Waals surface area contributed by atoms with Crippen LogP contribution in [0.4, 0.5) is 15.8 Å². The van der Waals surface area contributed by atoms with Crippen molar-refractivity contribution in [3.05, 3.63) is 59.9 Å². The Hall–Kier alpha value is -2.40. The van der Waals surface area contributed by atoms with E-state index in [1.54, 1.807) is 0 Å². The van der Waals surface area contributed by atoms with Gasteiger partial charge in [-0.25, -0.2) is 4.39 Å². The van der Waals surface area contributed by atoms with E-state index in [1.807, 2.05) is 36.2 Å². The molecular weight excluding hydrogens is 269 g/mol. The van der Waals surface area contributed by atoms with Crippen molar-refractivity contribution in [3.8, 4) is 0 Å². The summed E-state index contributed by atoms with van der Waals surface area (Å²) in [6, 6.07) is 13.2. The quantitative estimate of drug-likeness (QED) is 0.831. The van der Waals surface area contributed by atoms with Crippen molar-refractivity contribution in [2.75, 3.05) is 24.6 Å². The van der Waals surface area contributed by atoms with E-state index in [1.165, 1.54) is 24.3 Å². The number of carbonyl (C=O) groups is 1. The van der Waals surface area contributed by atoms with Crippen LogP contribution in [0.3, 0.4) is 0 Å². The minimum absolute atomic E-state index is 0.139. The average Bonchev–Trinajstić information content (AvgIpc) is 2.44. The predicted molar refractivity (Wildman–Crippen MR) is 82.2 cm³/mol. The van der Waals surface area contributed by atoms with Gasteiger partial charge in [-0.05, 0) is 49.0 Å². The predicted octanol–water partition coefficient (Wildman–Crippen LogP) is 2.48. The van der Waals surface area contributed by atoms with E-state index in [9.17, 15) is 9.18 Å². The molecule has 3 N–H and O–H groups in total. The molecule has 2 aromatic carbocycles. The van der Waals surface area contributed by atoms with Gasteiger partial charge in [0.05, 0.1) is 6.54 Å². The number of nitrogens with two attached hydrogens (primary N) is 1. The molecule has 0 unspecified atom stereocenters. The molecule has 0 saturated heterocycles. The van der Waals surface area contributed by atoms with E-state index in [0.717, 1.165) is 11.3 Å². The third-order valence-corrected chi connectivity index (χ3v) is 2.97. The summed E-state index contributed by atoms with van der Waals surface area (Å²) in [7, 11) is 1.86. The summed E-state index contributed by atoms with van der Waals surface area (Å²) in [6.07, 6.45) is 0. The second kappa shape index (κ2) is 6.85. The van der Waals surface area contributed by atoms with Crippen LogP contribution in [0, 0.1) is 5.82 Å². The first-order valence-electron chi connectivity index (χ1n) is 6.61. The van der Waals surface area contributed by atoms with Crippen molar-refractivity contribution in [1.29, 1.82) is 0 Å². The van der Waals surface area contributed by atoms with Gasteiger partial charge in [0.15, 0.2) is 0 Å². The van der Waals surface area contributed by atoms with Gasteiger partial charge in [0, 0.05) is 17.9 Å². The monoisotopic (exact) mass is 287 g/mol. The number of hydrogen-bond donors (Lipinski definition) is 2. The molecule has 0 aliphatic carbocycles. The highest BCUT2D eigenvalue weighted by Crippen LogP contribution is 2.09. The molecule has 0 atom stereocenters. The lowest BCUT2D eigenvalue weighted by Gasteiger charge is -2.16. The zero-order chi connectivity index (χ0) is 15.2. The van der Waals surface area contributed by atoms with E-state index >= 15 is 0 Å². The maximum Gasteiger partial charge on any atom is 0.238 e. The summed E-state index contributed by atoms with van der Waals surface area (Å²) in [5.74, 6) is -0.465. The number of nitrogens with zero attached hydrogens (tertiary/aromatic N) is 1. The van der Waals surface area contributed by atoms with Crippen molar-refractivity contribution >= 4 is 17.3 Å². The van der Waals surface area contributed by atoms with Crippen molar-refractivity contribution in [2.24, 2.45) is 0 Å². The average molecular weight is 287 g/mol. The normalized spacial score (nSPS) is 10.6. The molecule has 2 rings (SSSR count).